The molecule has 0 saturated carbocycles. The van der Waals surface area contributed by atoms with Gasteiger partial charge in [-0.15, -0.1) is 0 Å². The molecule has 160 valence electrons. The van der Waals surface area contributed by atoms with Crippen molar-refractivity contribution in [1.29, 1.82) is 0 Å². The number of nitrogens with two attached hydrogens (primary N) is 1. The Morgan fingerprint density at radius 3 is 2.61 bits per heavy atom. The molecule has 0 saturated heterocycles. The third kappa shape index (κ3) is 6.23. The maximum absolute atomic E-state index is 12.2. The summed E-state index contributed by atoms with van der Waals surface area (Å²) >= 11 is 9.46. The van der Waals surface area contributed by atoms with Crippen molar-refractivity contribution in [3.05, 3.63) is 86.8 Å². The highest BCUT2D eigenvalue weighted by atomic mass is 79.9. The van der Waals surface area contributed by atoms with E-state index in [4.69, 9.17) is 26.8 Å². The van der Waals surface area contributed by atoms with Crippen LogP contribution >= 0.6 is 27.5 Å². The third-order valence-corrected chi connectivity index (χ3v) is 5.05. The second kappa shape index (κ2) is 10.8. The Morgan fingerprint density at radius 1 is 1.16 bits per heavy atom. The van der Waals surface area contributed by atoms with Gasteiger partial charge >= 0.3 is 0 Å². The molecule has 0 radical (unpaired) electrons. The van der Waals surface area contributed by atoms with Gasteiger partial charge in [-0.2, -0.15) is 5.10 Å². The summed E-state index contributed by atoms with van der Waals surface area (Å²) < 4.78 is 12.4. The fourth-order valence-electron chi connectivity index (χ4n) is 2.73. The fraction of sp³-hybridized carbons (Fsp3) is 0.130. The third-order valence-electron chi connectivity index (χ3n) is 4.21. The molecule has 8 heteroatoms. The lowest BCUT2D eigenvalue weighted by Crippen LogP contribution is -2.19. The molecule has 0 aliphatic rings. The Bertz CT molecular complexity index is 1090. The van der Waals surface area contributed by atoms with Crippen LogP contribution in [0, 0.1) is 0 Å². The topological polar surface area (TPSA) is 85.9 Å². The van der Waals surface area contributed by atoms with E-state index in [1.165, 1.54) is 6.21 Å². The van der Waals surface area contributed by atoms with Crippen molar-refractivity contribution in [3.8, 4) is 11.5 Å². The molecule has 1 amide bonds. The van der Waals surface area contributed by atoms with Crippen LogP contribution in [0.3, 0.4) is 0 Å². The second-order valence-corrected chi connectivity index (χ2v) is 7.76. The molecule has 3 rings (SSSR count). The predicted molar refractivity (Wildman–Crippen MR) is 127 cm³/mol. The molecule has 0 aliphatic carbocycles. The van der Waals surface area contributed by atoms with Crippen LogP contribution in [0.2, 0.25) is 5.02 Å². The van der Waals surface area contributed by atoms with Gasteiger partial charge in [-0.3, -0.25) is 4.79 Å². The van der Waals surface area contributed by atoms with Crippen molar-refractivity contribution < 1.29 is 14.3 Å². The number of ether oxygens (including phenoxy) is 2. The maximum atomic E-state index is 12.2. The number of carbonyl (C=O) groups excluding carboxylic acids is 1. The first-order chi connectivity index (χ1) is 15.0. The van der Waals surface area contributed by atoms with Gasteiger partial charge in [0.25, 0.3) is 5.91 Å². The lowest BCUT2D eigenvalue weighted by Gasteiger charge is -2.14. The van der Waals surface area contributed by atoms with Crippen LogP contribution < -0.4 is 20.6 Å². The van der Waals surface area contributed by atoms with Crippen LogP contribution in [0.4, 0.5) is 5.69 Å². The van der Waals surface area contributed by atoms with E-state index in [2.05, 4.69) is 26.5 Å². The van der Waals surface area contributed by atoms with E-state index in [1.807, 2.05) is 37.3 Å². The number of hydrogen-bond donors (Lipinski definition) is 2. The number of benzene rings is 3. The summed E-state index contributed by atoms with van der Waals surface area (Å²) in [7, 11) is 0. The molecular formula is C23H21BrClN3O3. The lowest BCUT2D eigenvalue weighted by molar-refractivity contribution is 0.0956. The highest BCUT2D eigenvalue weighted by Crippen LogP contribution is 2.37. The van der Waals surface area contributed by atoms with Crippen LogP contribution in [0.5, 0.6) is 11.5 Å². The van der Waals surface area contributed by atoms with Gasteiger partial charge in [0.05, 0.1) is 22.9 Å². The Balaban J connectivity index is 1.73. The van der Waals surface area contributed by atoms with Gasteiger partial charge in [0, 0.05) is 10.7 Å². The number of nitrogens with zero attached hydrogens (tertiary/aromatic N) is 1. The minimum absolute atomic E-state index is 0.359. The van der Waals surface area contributed by atoms with E-state index < -0.39 is 0 Å². The summed E-state index contributed by atoms with van der Waals surface area (Å²) in [5.41, 5.74) is 10.7. The number of para-hydroxylation sites is 1. The number of anilines is 1. The molecule has 0 heterocycles. The molecule has 3 aromatic rings. The quantitative estimate of drug-likeness (QED) is 0.244. The molecular weight excluding hydrogens is 482 g/mol. The van der Waals surface area contributed by atoms with Crippen molar-refractivity contribution in [2.75, 3.05) is 12.3 Å². The highest BCUT2D eigenvalue weighted by Gasteiger charge is 2.13. The molecule has 0 unspecified atom stereocenters. The molecule has 0 spiro atoms. The van der Waals surface area contributed by atoms with Gasteiger partial charge in [-0.25, -0.2) is 5.43 Å². The number of carbonyl (C=O) groups is 1. The zero-order chi connectivity index (χ0) is 22.2. The molecule has 0 aliphatic heterocycles. The summed E-state index contributed by atoms with van der Waals surface area (Å²) in [5.74, 6) is 0.752. The van der Waals surface area contributed by atoms with Crippen molar-refractivity contribution in [1.82, 2.24) is 5.43 Å². The van der Waals surface area contributed by atoms with Gasteiger partial charge in [0.1, 0.15) is 6.61 Å². The minimum atomic E-state index is -0.388. The van der Waals surface area contributed by atoms with Crippen LogP contribution in [0.1, 0.15) is 28.4 Å². The summed E-state index contributed by atoms with van der Waals surface area (Å²) in [6.45, 7) is 2.72. The minimum Gasteiger partial charge on any atom is -0.490 e. The average Bonchev–Trinajstić information content (AvgIpc) is 2.75. The number of hydrogen-bond acceptors (Lipinski definition) is 5. The van der Waals surface area contributed by atoms with Gasteiger partial charge in [0.15, 0.2) is 11.5 Å². The summed E-state index contributed by atoms with van der Waals surface area (Å²) in [5, 5.41) is 4.69. The first kappa shape index (κ1) is 22.7. The van der Waals surface area contributed by atoms with Gasteiger partial charge in [-0.05, 0) is 70.4 Å². The Morgan fingerprint density at radius 2 is 1.90 bits per heavy atom. The van der Waals surface area contributed by atoms with Crippen molar-refractivity contribution >= 4 is 45.3 Å². The van der Waals surface area contributed by atoms with Crippen molar-refractivity contribution in [2.24, 2.45) is 5.10 Å². The molecule has 6 nitrogen and oxygen atoms in total. The Kier molecular flexibility index (Phi) is 7.92. The molecule has 3 N–H and O–H groups in total. The second-order valence-electron chi connectivity index (χ2n) is 6.46. The average molecular weight is 503 g/mol. The Labute approximate surface area is 194 Å². The van der Waals surface area contributed by atoms with Crippen molar-refractivity contribution in [3.63, 3.8) is 0 Å². The molecule has 0 aromatic heterocycles. The first-order valence-corrected chi connectivity index (χ1v) is 10.7. The van der Waals surface area contributed by atoms with E-state index >= 15 is 0 Å². The molecule has 3 aromatic carbocycles. The maximum Gasteiger partial charge on any atom is 0.273 e. The van der Waals surface area contributed by atoms with E-state index in [0.29, 0.717) is 45.5 Å². The zero-order valence-corrected chi connectivity index (χ0v) is 19.1. The number of rotatable bonds is 8. The Hall–Kier alpha value is -3.03. The number of nitrogens with one attached hydrogen (secondary N) is 1. The summed E-state index contributed by atoms with van der Waals surface area (Å²) in [6, 6.07) is 17.8. The van der Waals surface area contributed by atoms with E-state index in [0.717, 1.165) is 11.1 Å². The number of amides is 1. The number of hydrazone groups is 1. The normalized spacial score (nSPS) is 10.8. The van der Waals surface area contributed by atoms with E-state index in [9.17, 15) is 4.79 Å². The largest absolute Gasteiger partial charge is 0.490 e. The molecule has 0 atom stereocenters. The van der Waals surface area contributed by atoms with Crippen molar-refractivity contribution in [2.45, 2.75) is 13.5 Å². The standard InChI is InChI=1S/C23H21BrClN3O3/c1-2-30-21-12-16(13-27-28-23(29)18-5-3-4-6-20(18)26)11-19(24)22(21)31-14-15-7-9-17(25)10-8-15/h3-13H,2,14,26H2,1H3,(H,28,29)/b27-13-. The predicted octanol–water partition coefficient (Wildman–Crippen LogP) is 5.43. The smallest absolute Gasteiger partial charge is 0.273 e. The van der Waals surface area contributed by atoms with Gasteiger partial charge in [0.2, 0.25) is 0 Å². The SMILES string of the molecule is CCOc1cc(/C=N\NC(=O)c2ccccc2N)cc(Br)c1OCc1ccc(Cl)cc1. The molecule has 31 heavy (non-hydrogen) atoms. The van der Waals surface area contributed by atoms with Gasteiger partial charge < -0.3 is 15.2 Å². The highest BCUT2D eigenvalue weighted by molar-refractivity contribution is 9.10. The van der Waals surface area contributed by atoms with Crippen LogP contribution in [0.15, 0.2) is 70.2 Å². The number of halogens is 2. The molecule has 0 fully saturated rings. The van der Waals surface area contributed by atoms with Crippen LogP contribution in [-0.4, -0.2) is 18.7 Å². The first-order valence-electron chi connectivity index (χ1n) is 9.49. The van der Waals surface area contributed by atoms with E-state index in [1.54, 1.807) is 30.3 Å². The summed E-state index contributed by atoms with van der Waals surface area (Å²) in [4.78, 5) is 12.2. The lowest BCUT2D eigenvalue weighted by atomic mass is 10.2. The fourth-order valence-corrected chi connectivity index (χ4v) is 3.43. The monoisotopic (exact) mass is 501 g/mol. The molecule has 0 bridgehead atoms. The number of nitrogen functional groups attached to an aromatic ring is 1. The van der Waals surface area contributed by atoms with Gasteiger partial charge in [-0.1, -0.05) is 35.9 Å². The van der Waals surface area contributed by atoms with Crippen LogP contribution in [-0.2, 0) is 6.61 Å². The van der Waals surface area contributed by atoms with Crippen LogP contribution in [0.25, 0.3) is 0 Å². The van der Waals surface area contributed by atoms with E-state index in [-0.39, 0.29) is 5.91 Å². The summed E-state index contributed by atoms with van der Waals surface area (Å²) in [6.07, 6.45) is 1.52. The zero-order valence-electron chi connectivity index (χ0n) is 16.8.